The predicted molar refractivity (Wildman–Crippen MR) is 76.8 cm³/mol. The molecule has 0 saturated carbocycles. The fourth-order valence-electron chi connectivity index (χ4n) is 1.75. The maximum atomic E-state index is 12.6. The monoisotopic (exact) mass is 338 g/mol. The molecule has 0 saturated heterocycles. The maximum Gasteiger partial charge on any atom is 0.416 e. The molecule has 1 rings (SSSR count). The third-order valence-corrected chi connectivity index (χ3v) is 3.99. The molecule has 0 aliphatic rings. The van der Waals surface area contributed by atoms with Crippen LogP contribution in [0.1, 0.15) is 18.9 Å². The Labute approximate surface area is 127 Å². The lowest BCUT2D eigenvalue weighted by atomic mass is 10.2. The molecule has 0 heterocycles. The average molecular weight is 338 g/mol. The molecule has 0 radical (unpaired) electrons. The summed E-state index contributed by atoms with van der Waals surface area (Å²) in [5.74, 6) is -0.696. The molecular weight excluding hydrogens is 321 g/mol. The SMILES string of the molecule is CCCN(CC(=O)Nc1cccc(C(F)(F)F)c1)S(C)(=O)=O. The second kappa shape index (κ2) is 7.10. The largest absolute Gasteiger partial charge is 0.416 e. The Bertz CT molecular complexity index is 630. The van der Waals surface area contributed by atoms with Crippen molar-refractivity contribution in [3.8, 4) is 0 Å². The van der Waals surface area contributed by atoms with Gasteiger partial charge in [-0.2, -0.15) is 17.5 Å². The normalized spacial score (nSPS) is 12.5. The smallest absolute Gasteiger partial charge is 0.325 e. The van der Waals surface area contributed by atoms with Crippen molar-refractivity contribution in [2.24, 2.45) is 0 Å². The number of alkyl halides is 3. The zero-order valence-corrected chi connectivity index (χ0v) is 13.0. The number of nitrogens with one attached hydrogen (secondary N) is 1. The molecule has 1 aromatic rings. The molecular formula is C13H17F3N2O3S. The molecule has 5 nitrogen and oxygen atoms in total. The molecule has 0 aliphatic heterocycles. The molecule has 0 atom stereocenters. The van der Waals surface area contributed by atoms with Crippen molar-refractivity contribution in [3.63, 3.8) is 0 Å². The van der Waals surface area contributed by atoms with Gasteiger partial charge in [-0.25, -0.2) is 8.42 Å². The second-order valence-electron chi connectivity index (χ2n) is 4.72. The first-order valence-electron chi connectivity index (χ1n) is 6.46. The van der Waals surface area contributed by atoms with Gasteiger partial charge in [0.1, 0.15) is 0 Å². The Morgan fingerprint density at radius 2 is 1.95 bits per heavy atom. The van der Waals surface area contributed by atoms with Crippen LogP contribution in [0, 0.1) is 0 Å². The molecule has 1 amide bonds. The van der Waals surface area contributed by atoms with Crippen molar-refractivity contribution in [1.29, 1.82) is 0 Å². The molecule has 0 aliphatic carbocycles. The van der Waals surface area contributed by atoms with Crippen LogP contribution in [0.3, 0.4) is 0 Å². The van der Waals surface area contributed by atoms with E-state index in [1.807, 2.05) is 0 Å². The first kappa shape index (κ1) is 18.4. The molecule has 9 heteroatoms. The molecule has 124 valence electrons. The van der Waals surface area contributed by atoms with Crippen molar-refractivity contribution in [1.82, 2.24) is 4.31 Å². The van der Waals surface area contributed by atoms with E-state index in [0.717, 1.165) is 22.7 Å². The Morgan fingerprint density at radius 1 is 1.32 bits per heavy atom. The Kier molecular flexibility index (Phi) is 5.95. The summed E-state index contributed by atoms with van der Waals surface area (Å²) in [4.78, 5) is 11.8. The van der Waals surface area contributed by atoms with Crippen LogP contribution in [0.2, 0.25) is 0 Å². The number of benzene rings is 1. The number of rotatable bonds is 6. The van der Waals surface area contributed by atoms with E-state index in [4.69, 9.17) is 0 Å². The number of nitrogens with zero attached hydrogens (tertiary/aromatic N) is 1. The van der Waals surface area contributed by atoms with Gasteiger partial charge in [-0.1, -0.05) is 13.0 Å². The van der Waals surface area contributed by atoms with E-state index < -0.39 is 34.2 Å². The molecule has 1 aromatic carbocycles. The highest BCUT2D eigenvalue weighted by Gasteiger charge is 2.30. The number of carbonyl (C=O) groups excluding carboxylic acids is 1. The van der Waals surface area contributed by atoms with Gasteiger partial charge in [0.25, 0.3) is 0 Å². The molecule has 0 fully saturated rings. The van der Waals surface area contributed by atoms with Crippen LogP contribution in [0.15, 0.2) is 24.3 Å². The van der Waals surface area contributed by atoms with E-state index in [0.29, 0.717) is 6.42 Å². The summed E-state index contributed by atoms with van der Waals surface area (Å²) in [6.45, 7) is 1.47. The number of anilines is 1. The topological polar surface area (TPSA) is 66.5 Å². The minimum Gasteiger partial charge on any atom is -0.325 e. The zero-order chi connectivity index (χ0) is 17.0. The van der Waals surface area contributed by atoms with Gasteiger partial charge in [0, 0.05) is 12.2 Å². The summed E-state index contributed by atoms with van der Waals surface area (Å²) >= 11 is 0. The van der Waals surface area contributed by atoms with Crippen LogP contribution in [-0.2, 0) is 21.0 Å². The van der Waals surface area contributed by atoms with Crippen molar-refractivity contribution < 1.29 is 26.4 Å². The van der Waals surface area contributed by atoms with E-state index >= 15 is 0 Å². The zero-order valence-electron chi connectivity index (χ0n) is 12.1. The lowest BCUT2D eigenvalue weighted by Crippen LogP contribution is -2.37. The molecule has 0 unspecified atom stereocenters. The fourth-order valence-corrected chi connectivity index (χ4v) is 2.61. The summed E-state index contributed by atoms with van der Waals surface area (Å²) in [7, 11) is -3.55. The van der Waals surface area contributed by atoms with Gasteiger partial charge in [-0.15, -0.1) is 0 Å². The number of hydrogen-bond donors (Lipinski definition) is 1. The van der Waals surface area contributed by atoms with Crippen LogP contribution < -0.4 is 5.32 Å². The average Bonchev–Trinajstić information content (AvgIpc) is 2.36. The first-order chi connectivity index (χ1) is 10.0. The number of carbonyl (C=O) groups is 1. The van der Waals surface area contributed by atoms with E-state index in [-0.39, 0.29) is 12.2 Å². The van der Waals surface area contributed by atoms with Crippen molar-refractivity contribution >= 4 is 21.6 Å². The summed E-state index contributed by atoms with van der Waals surface area (Å²) < 4.78 is 61.7. The van der Waals surface area contributed by atoms with Crippen LogP contribution in [0.4, 0.5) is 18.9 Å². The number of amides is 1. The standard InChI is InChI=1S/C13H17F3N2O3S/c1-3-7-18(22(2,20)21)9-12(19)17-11-6-4-5-10(8-11)13(14,15)16/h4-6,8H,3,7,9H2,1-2H3,(H,17,19). The minimum atomic E-state index is -4.51. The quantitative estimate of drug-likeness (QED) is 0.866. The van der Waals surface area contributed by atoms with Gasteiger partial charge in [-0.05, 0) is 24.6 Å². The summed E-state index contributed by atoms with van der Waals surface area (Å²) in [5.41, 5.74) is -0.927. The van der Waals surface area contributed by atoms with Crippen molar-refractivity contribution in [2.45, 2.75) is 19.5 Å². The Morgan fingerprint density at radius 3 is 2.45 bits per heavy atom. The molecule has 1 N–H and O–H groups in total. The maximum absolute atomic E-state index is 12.6. The summed E-state index contributed by atoms with van der Waals surface area (Å²) in [5, 5.41) is 2.27. The highest BCUT2D eigenvalue weighted by Crippen LogP contribution is 2.30. The highest BCUT2D eigenvalue weighted by atomic mass is 32.2. The van der Waals surface area contributed by atoms with Gasteiger partial charge >= 0.3 is 6.18 Å². The van der Waals surface area contributed by atoms with Gasteiger partial charge in [0.05, 0.1) is 18.4 Å². The Hall–Kier alpha value is -1.61. The second-order valence-corrected chi connectivity index (χ2v) is 6.71. The van der Waals surface area contributed by atoms with E-state index in [1.54, 1.807) is 6.92 Å². The van der Waals surface area contributed by atoms with Crippen LogP contribution in [0.25, 0.3) is 0 Å². The van der Waals surface area contributed by atoms with Crippen molar-refractivity contribution in [2.75, 3.05) is 24.7 Å². The summed E-state index contributed by atoms with van der Waals surface area (Å²) in [6, 6.07) is 4.15. The predicted octanol–water partition coefficient (Wildman–Crippen LogP) is 2.32. The first-order valence-corrected chi connectivity index (χ1v) is 8.31. The third-order valence-electron chi connectivity index (χ3n) is 2.74. The van der Waals surface area contributed by atoms with Crippen LogP contribution in [-0.4, -0.2) is 38.0 Å². The number of sulfonamides is 1. The molecule has 22 heavy (non-hydrogen) atoms. The van der Waals surface area contributed by atoms with Crippen LogP contribution in [0.5, 0.6) is 0 Å². The van der Waals surface area contributed by atoms with Gasteiger partial charge in [0.2, 0.25) is 15.9 Å². The fraction of sp³-hybridized carbons (Fsp3) is 0.462. The Balaban J connectivity index is 2.81. The van der Waals surface area contributed by atoms with Gasteiger partial charge in [-0.3, -0.25) is 4.79 Å². The minimum absolute atomic E-state index is 0.0372. The molecule has 0 bridgehead atoms. The van der Waals surface area contributed by atoms with E-state index in [1.165, 1.54) is 12.1 Å². The number of hydrogen-bond acceptors (Lipinski definition) is 3. The lowest BCUT2D eigenvalue weighted by molar-refractivity contribution is -0.137. The molecule has 0 spiro atoms. The van der Waals surface area contributed by atoms with Gasteiger partial charge in [0.15, 0.2) is 0 Å². The van der Waals surface area contributed by atoms with Gasteiger partial charge < -0.3 is 5.32 Å². The van der Waals surface area contributed by atoms with E-state index in [2.05, 4.69) is 5.32 Å². The van der Waals surface area contributed by atoms with E-state index in [9.17, 15) is 26.4 Å². The third kappa shape index (κ3) is 5.64. The number of halogens is 3. The lowest BCUT2D eigenvalue weighted by Gasteiger charge is -2.18. The molecule has 0 aromatic heterocycles. The summed E-state index contributed by atoms with van der Waals surface area (Å²) in [6.07, 6.45) is -3.02. The van der Waals surface area contributed by atoms with Crippen molar-refractivity contribution in [3.05, 3.63) is 29.8 Å². The van der Waals surface area contributed by atoms with Crippen LogP contribution >= 0.6 is 0 Å². The highest BCUT2D eigenvalue weighted by molar-refractivity contribution is 7.88.